The second-order valence-corrected chi connectivity index (χ2v) is 6.41. The van der Waals surface area contributed by atoms with Crippen LogP contribution >= 0.6 is 22.9 Å². The van der Waals surface area contributed by atoms with E-state index in [1.165, 1.54) is 15.6 Å². The molecule has 21 heavy (non-hydrogen) atoms. The number of hydrogen-bond donors (Lipinski definition) is 1. The molecule has 0 aliphatic rings. The van der Waals surface area contributed by atoms with Crippen LogP contribution < -0.4 is 5.32 Å². The van der Waals surface area contributed by atoms with Crippen molar-refractivity contribution in [1.29, 1.82) is 0 Å². The number of thiophene rings is 1. The van der Waals surface area contributed by atoms with Gasteiger partial charge in [0.25, 0.3) is 0 Å². The maximum absolute atomic E-state index is 6.43. The molecule has 0 bridgehead atoms. The summed E-state index contributed by atoms with van der Waals surface area (Å²) in [7, 11) is 0. The van der Waals surface area contributed by atoms with Crippen LogP contribution in [0.3, 0.4) is 0 Å². The molecular weight excluding hydrogens is 298 g/mol. The molecule has 1 aromatic heterocycles. The van der Waals surface area contributed by atoms with Gasteiger partial charge in [0, 0.05) is 9.72 Å². The van der Waals surface area contributed by atoms with Crippen LogP contribution in [0, 0.1) is 0 Å². The van der Waals surface area contributed by atoms with E-state index in [4.69, 9.17) is 11.6 Å². The minimum atomic E-state index is 0.148. The second-order valence-electron chi connectivity index (χ2n) is 5.10. The number of halogens is 1. The molecule has 0 radical (unpaired) electrons. The van der Waals surface area contributed by atoms with Crippen LogP contribution in [-0.4, -0.2) is 6.54 Å². The van der Waals surface area contributed by atoms with Gasteiger partial charge in [0.15, 0.2) is 0 Å². The Hall–Kier alpha value is -1.35. The van der Waals surface area contributed by atoms with Crippen LogP contribution in [0.25, 0.3) is 10.1 Å². The summed E-state index contributed by atoms with van der Waals surface area (Å²) >= 11 is 8.22. The average Bonchev–Trinajstić information content (AvgIpc) is 2.93. The van der Waals surface area contributed by atoms with Crippen LogP contribution in [0.1, 0.15) is 30.5 Å². The highest BCUT2D eigenvalue weighted by Gasteiger charge is 2.19. The Morgan fingerprint density at radius 3 is 2.62 bits per heavy atom. The zero-order valence-electron chi connectivity index (χ0n) is 12.0. The zero-order chi connectivity index (χ0) is 14.7. The van der Waals surface area contributed by atoms with Crippen molar-refractivity contribution in [1.82, 2.24) is 5.32 Å². The molecule has 0 aliphatic heterocycles. The van der Waals surface area contributed by atoms with E-state index in [1.54, 1.807) is 11.3 Å². The Labute approximate surface area is 134 Å². The van der Waals surface area contributed by atoms with Crippen LogP contribution in [0.4, 0.5) is 0 Å². The first-order valence-electron chi connectivity index (χ1n) is 7.25. The van der Waals surface area contributed by atoms with Crippen molar-refractivity contribution in [2.45, 2.75) is 19.4 Å². The lowest BCUT2D eigenvalue weighted by molar-refractivity contribution is 0.603. The van der Waals surface area contributed by atoms with Gasteiger partial charge in [0.1, 0.15) is 0 Å². The first kappa shape index (κ1) is 14.6. The van der Waals surface area contributed by atoms with Crippen molar-refractivity contribution < 1.29 is 0 Å². The Kier molecular flexibility index (Phi) is 4.59. The Balaban J connectivity index is 2.09. The van der Waals surface area contributed by atoms with Crippen LogP contribution in [0.15, 0.2) is 53.9 Å². The largest absolute Gasteiger partial charge is 0.306 e. The highest BCUT2D eigenvalue weighted by Crippen LogP contribution is 2.35. The first-order valence-corrected chi connectivity index (χ1v) is 8.51. The van der Waals surface area contributed by atoms with Gasteiger partial charge in [-0.05, 0) is 47.0 Å². The monoisotopic (exact) mass is 315 g/mol. The molecule has 0 spiro atoms. The van der Waals surface area contributed by atoms with Crippen molar-refractivity contribution in [2.75, 3.05) is 6.54 Å². The van der Waals surface area contributed by atoms with Crippen LogP contribution in [0.5, 0.6) is 0 Å². The van der Waals surface area contributed by atoms with E-state index in [0.29, 0.717) is 0 Å². The molecule has 0 aliphatic carbocycles. The summed E-state index contributed by atoms with van der Waals surface area (Å²) < 4.78 is 1.32. The molecule has 0 saturated carbocycles. The topological polar surface area (TPSA) is 12.0 Å². The highest BCUT2D eigenvalue weighted by molar-refractivity contribution is 7.17. The minimum Gasteiger partial charge on any atom is -0.306 e. The summed E-state index contributed by atoms with van der Waals surface area (Å²) in [6, 6.07) is 16.8. The quantitative estimate of drug-likeness (QED) is 0.642. The SMILES string of the molecule is CCCNC(c1ccccc1Cl)c1csc2ccccc12. The third-order valence-electron chi connectivity index (χ3n) is 3.64. The van der Waals surface area contributed by atoms with E-state index in [-0.39, 0.29) is 6.04 Å². The summed E-state index contributed by atoms with van der Waals surface area (Å²) in [4.78, 5) is 0. The Morgan fingerprint density at radius 2 is 1.81 bits per heavy atom. The molecule has 1 heterocycles. The van der Waals surface area contributed by atoms with Crippen molar-refractivity contribution in [2.24, 2.45) is 0 Å². The standard InChI is InChI=1S/C18H18ClNS/c1-2-11-20-18(14-8-3-5-9-16(14)19)15-12-21-17-10-6-4-7-13(15)17/h3-10,12,18,20H,2,11H2,1H3. The van der Waals surface area contributed by atoms with E-state index in [0.717, 1.165) is 23.6 Å². The fraction of sp³-hybridized carbons (Fsp3) is 0.222. The van der Waals surface area contributed by atoms with Gasteiger partial charge in [-0.15, -0.1) is 11.3 Å². The van der Waals surface area contributed by atoms with Gasteiger partial charge in [-0.25, -0.2) is 0 Å². The van der Waals surface area contributed by atoms with Crippen LogP contribution in [0.2, 0.25) is 5.02 Å². The minimum absolute atomic E-state index is 0.148. The van der Waals surface area contributed by atoms with Gasteiger partial charge in [0.2, 0.25) is 0 Å². The summed E-state index contributed by atoms with van der Waals surface area (Å²) in [6.45, 7) is 3.16. The predicted molar refractivity (Wildman–Crippen MR) is 93.4 cm³/mol. The fourth-order valence-electron chi connectivity index (χ4n) is 2.61. The van der Waals surface area contributed by atoms with Crippen molar-refractivity contribution in [3.63, 3.8) is 0 Å². The third kappa shape index (κ3) is 2.98. The number of benzene rings is 2. The van der Waals surface area contributed by atoms with Crippen LogP contribution in [-0.2, 0) is 0 Å². The van der Waals surface area contributed by atoms with Gasteiger partial charge in [-0.2, -0.15) is 0 Å². The van der Waals surface area contributed by atoms with E-state index in [1.807, 2.05) is 12.1 Å². The number of rotatable bonds is 5. The molecule has 1 N–H and O–H groups in total. The Morgan fingerprint density at radius 1 is 1.05 bits per heavy atom. The van der Waals surface area contributed by atoms with E-state index < -0.39 is 0 Å². The fourth-order valence-corrected chi connectivity index (χ4v) is 3.84. The Bertz CT molecular complexity index is 735. The summed E-state index contributed by atoms with van der Waals surface area (Å²) in [5.41, 5.74) is 2.47. The summed E-state index contributed by atoms with van der Waals surface area (Å²) in [5.74, 6) is 0. The van der Waals surface area contributed by atoms with E-state index >= 15 is 0 Å². The molecule has 0 saturated heterocycles. The molecular formula is C18H18ClNS. The predicted octanol–water partition coefficient (Wildman–Crippen LogP) is 5.64. The van der Waals surface area contributed by atoms with Gasteiger partial charge < -0.3 is 5.32 Å². The molecule has 1 atom stereocenters. The first-order chi connectivity index (χ1) is 10.3. The summed E-state index contributed by atoms with van der Waals surface area (Å²) in [6.07, 6.45) is 1.10. The smallest absolute Gasteiger partial charge is 0.0605 e. The zero-order valence-corrected chi connectivity index (χ0v) is 13.5. The van der Waals surface area contributed by atoms with E-state index in [9.17, 15) is 0 Å². The maximum Gasteiger partial charge on any atom is 0.0605 e. The average molecular weight is 316 g/mol. The maximum atomic E-state index is 6.43. The lowest BCUT2D eigenvalue weighted by Gasteiger charge is -2.20. The van der Waals surface area contributed by atoms with E-state index in [2.05, 4.69) is 54.0 Å². The molecule has 0 amide bonds. The molecule has 1 nitrogen and oxygen atoms in total. The van der Waals surface area contributed by atoms with Crippen molar-refractivity contribution in [3.8, 4) is 0 Å². The molecule has 3 aromatic rings. The second kappa shape index (κ2) is 6.61. The number of fused-ring (bicyclic) bond motifs is 1. The van der Waals surface area contributed by atoms with Gasteiger partial charge in [-0.1, -0.05) is 54.9 Å². The molecule has 1 unspecified atom stereocenters. The molecule has 108 valence electrons. The molecule has 0 fully saturated rings. The van der Waals surface area contributed by atoms with Crippen molar-refractivity contribution >= 4 is 33.0 Å². The third-order valence-corrected chi connectivity index (χ3v) is 4.96. The summed E-state index contributed by atoms with van der Waals surface area (Å²) in [5, 5.41) is 8.03. The van der Waals surface area contributed by atoms with Gasteiger partial charge >= 0.3 is 0 Å². The lowest BCUT2D eigenvalue weighted by atomic mass is 9.98. The van der Waals surface area contributed by atoms with Crippen molar-refractivity contribution in [3.05, 3.63) is 70.1 Å². The number of nitrogens with one attached hydrogen (secondary N) is 1. The molecule has 3 heteroatoms. The highest BCUT2D eigenvalue weighted by atomic mass is 35.5. The number of hydrogen-bond acceptors (Lipinski definition) is 2. The molecule has 3 rings (SSSR count). The van der Waals surface area contributed by atoms with Gasteiger partial charge in [0.05, 0.1) is 6.04 Å². The van der Waals surface area contributed by atoms with Gasteiger partial charge in [-0.3, -0.25) is 0 Å². The normalized spacial score (nSPS) is 12.7. The lowest BCUT2D eigenvalue weighted by Crippen LogP contribution is -2.23. The molecule has 2 aromatic carbocycles.